The Bertz CT molecular complexity index is 269. The van der Waals surface area contributed by atoms with E-state index in [0.29, 0.717) is 18.5 Å². The van der Waals surface area contributed by atoms with Gasteiger partial charge in [0.1, 0.15) is 5.82 Å². The maximum atomic E-state index is 12.6. The summed E-state index contributed by atoms with van der Waals surface area (Å²) in [6.45, 7) is 2.08. The standard InChI is InChI=1S/C10H14FNO/c1-10(13,6-7-12)8-2-4-9(11)5-3-8/h2-5,13H,6-7,12H2,1H3. The summed E-state index contributed by atoms with van der Waals surface area (Å²) in [5, 5.41) is 9.87. The van der Waals surface area contributed by atoms with Gasteiger partial charge in [-0.3, -0.25) is 0 Å². The zero-order valence-corrected chi connectivity index (χ0v) is 7.63. The van der Waals surface area contributed by atoms with Crippen LogP contribution in [0.1, 0.15) is 18.9 Å². The number of rotatable bonds is 3. The van der Waals surface area contributed by atoms with Gasteiger partial charge in [-0.2, -0.15) is 0 Å². The molecule has 0 saturated heterocycles. The topological polar surface area (TPSA) is 46.2 Å². The van der Waals surface area contributed by atoms with Crippen LogP contribution in [0.25, 0.3) is 0 Å². The molecule has 0 aliphatic heterocycles. The lowest BCUT2D eigenvalue weighted by Crippen LogP contribution is -2.24. The second-order valence-electron chi connectivity index (χ2n) is 3.32. The monoisotopic (exact) mass is 183 g/mol. The quantitative estimate of drug-likeness (QED) is 0.743. The molecule has 0 aromatic heterocycles. The number of hydrogen-bond acceptors (Lipinski definition) is 2. The van der Waals surface area contributed by atoms with E-state index in [1.165, 1.54) is 12.1 Å². The fourth-order valence-electron chi connectivity index (χ4n) is 1.23. The van der Waals surface area contributed by atoms with Crippen LogP contribution in [0.2, 0.25) is 0 Å². The molecule has 0 bridgehead atoms. The molecule has 1 aromatic carbocycles. The number of aliphatic hydroxyl groups is 1. The number of nitrogens with two attached hydrogens (primary N) is 1. The van der Waals surface area contributed by atoms with Crippen molar-refractivity contribution >= 4 is 0 Å². The van der Waals surface area contributed by atoms with Crippen molar-refractivity contribution in [3.8, 4) is 0 Å². The van der Waals surface area contributed by atoms with Gasteiger partial charge in [0.2, 0.25) is 0 Å². The molecule has 72 valence electrons. The van der Waals surface area contributed by atoms with Crippen molar-refractivity contribution in [2.24, 2.45) is 5.73 Å². The Hall–Kier alpha value is -0.930. The van der Waals surface area contributed by atoms with Crippen molar-refractivity contribution in [1.82, 2.24) is 0 Å². The molecule has 0 radical (unpaired) electrons. The molecule has 3 heteroatoms. The summed E-state index contributed by atoms with van der Waals surface area (Å²) in [7, 11) is 0. The molecule has 0 amide bonds. The minimum Gasteiger partial charge on any atom is -0.385 e. The summed E-state index contributed by atoms with van der Waals surface area (Å²) in [4.78, 5) is 0. The van der Waals surface area contributed by atoms with Crippen molar-refractivity contribution in [2.75, 3.05) is 6.54 Å². The van der Waals surface area contributed by atoms with Crippen LogP contribution in [-0.2, 0) is 5.60 Å². The lowest BCUT2D eigenvalue weighted by molar-refractivity contribution is 0.0504. The van der Waals surface area contributed by atoms with Crippen LogP contribution in [0.3, 0.4) is 0 Å². The first-order valence-corrected chi connectivity index (χ1v) is 4.25. The van der Waals surface area contributed by atoms with E-state index in [1.54, 1.807) is 19.1 Å². The summed E-state index contributed by atoms with van der Waals surface area (Å²) >= 11 is 0. The molecular weight excluding hydrogens is 169 g/mol. The molecule has 0 spiro atoms. The lowest BCUT2D eigenvalue weighted by Gasteiger charge is -2.22. The van der Waals surface area contributed by atoms with Gasteiger partial charge < -0.3 is 10.8 Å². The summed E-state index contributed by atoms with van der Waals surface area (Å²) in [6.07, 6.45) is 0.471. The fourth-order valence-corrected chi connectivity index (χ4v) is 1.23. The maximum Gasteiger partial charge on any atom is 0.123 e. The number of hydrogen-bond donors (Lipinski definition) is 2. The van der Waals surface area contributed by atoms with Gasteiger partial charge in [-0.25, -0.2) is 4.39 Å². The Balaban J connectivity index is 2.87. The molecule has 0 aliphatic rings. The van der Waals surface area contributed by atoms with E-state index in [0.717, 1.165) is 0 Å². The Morgan fingerprint density at radius 3 is 2.38 bits per heavy atom. The predicted octanol–water partition coefficient (Wildman–Crippen LogP) is 1.38. The van der Waals surface area contributed by atoms with Gasteiger partial charge in [-0.15, -0.1) is 0 Å². The second-order valence-corrected chi connectivity index (χ2v) is 3.32. The predicted molar refractivity (Wildman–Crippen MR) is 49.6 cm³/mol. The third-order valence-corrected chi connectivity index (χ3v) is 2.10. The van der Waals surface area contributed by atoms with Gasteiger partial charge in [-0.1, -0.05) is 12.1 Å². The highest BCUT2D eigenvalue weighted by Gasteiger charge is 2.21. The minimum absolute atomic E-state index is 0.299. The SMILES string of the molecule is CC(O)(CCN)c1ccc(F)cc1. The van der Waals surface area contributed by atoms with Crippen LogP contribution in [-0.4, -0.2) is 11.7 Å². The molecule has 1 unspecified atom stereocenters. The van der Waals surface area contributed by atoms with E-state index in [2.05, 4.69) is 0 Å². The minimum atomic E-state index is -0.956. The van der Waals surface area contributed by atoms with Gasteiger partial charge in [0.05, 0.1) is 5.60 Å². The summed E-state index contributed by atoms with van der Waals surface area (Å²) in [5.74, 6) is -0.299. The van der Waals surface area contributed by atoms with Crippen LogP contribution in [0.15, 0.2) is 24.3 Å². The normalized spacial score (nSPS) is 15.4. The first-order chi connectivity index (χ1) is 6.06. The lowest BCUT2D eigenvalue weighted by atomic mass is 9.93. The van der Waals surface area contributed by atoms with Crippen molar-refractivity contribution in [2.45, 2.75) is 18.9 Å². The maximum absolute atomic E-state index is 12.6. The van der Waals surface area contributed by atoms with E-state index in [1.807, 2.05) is 0 Å². The van der Waals surface area contributed by atoms with Crippen LogP contribution >= 0.6 is 0 Å². The largest absolute Gasteiger partial charge is 0.385 e. The summed E-state index contributed by atoms with van der Waals surface area (Å²) < 4.78 is 12.6. The van der Waals surface area contributed by atoms with Crippen molar-refractivity contribution in [3.63, 3.8) is 0 Å². The van der Waals surface area contributed by atoms with Gasteiger partial charge in [0.25, 0.3) is 0 Å². The van der Waals surface area contributed by atoms with E-state index in [4.69, 9.17) is 5.73 Å². The van der Waals surface area contributed by atoms with Crippen LogP contribution in [0.4, 0.5) is 4.39 Å². The van der Waals surface area contributed by atoms with Gasteiger partial charge in [0, 0.05) is 0 Å². The first-order valence-electron chi connectivity index (χ1n) is 4.25. The molecule has 0 aliphatic carbocycles. The molecule has 0 saturated carbocycles. The molecule has 2 nitrogen and oxygen atoms in total. The Morgan fingerprint density at radius 2 is 1.92 bits per heavy atom. The zero-order valence-electron chi connectivity index (χ0n) is 7.63. The molecule has 0 heterocycles. The van der Waals surface area contributed by atoms with Crippen molar-refractivity contribution in [1.29, 1.82) is 0 Å². The molecule has 1 rings (SSSR count). The van der Waals surface area contributed by atoms with Crippen LogP contribution < -0.4 is 5.73 Å². The van der Waals surface area contributed by atoms with E-state index >= 15 is 0 Å². The fraction of sp³-hybridized carbons (Fsp3) is 0.400. The van der Waals surface area contributed by atoms with Gasteiger partial charge >= 0.3 is 0 Å². The Kier molecular flexibility index (Phi) is 3.01. The third kappa shape index (κ3) is 2.50. The number of halogens is 1. The van der Waals surface area contributed by atoms with Crippen molar-refractivity contribution in [3.05, 3.63) is 35.6 Å². The van der Waals surface area contributed by atoms with E-state index < -0.39 is 5.60 Å². The smallest absolute Gasteiger partial charge is 0.123 e. The summed E-state index contributed by atoms with van der Waals surface area (Å²) in [6, 6.07) is 5.82. The highest BCUT2D eigenvalue weighted by Crippen LogP contribution is 2.23. The van der Waals surface area contributed by atoms with E-state index in [9.17, 15) is 9.50 Å². The molecular formula is C10H14FNO. The Morgan fingerprint density at radius 1 is 1.38 bits per heavy atom. The average Bonchev–Trinajstić information content (AvgIpc) is 2.05. The Labute approximate surface area is 77.2 Å². The molecule has 0 fully saturated rings. The molecule has 1 atom stereocenters. The van der Waals surface area contributed by atoms with Gasteiger partial charge in [-0.05, 0) is 37.6 Å². The third-order valence-electron chi connectivity index (χ3n) is 2.10. The molecule has 3 N–H and O–H groups in total. The van der Waals surface area contributed by atoms with E-state index in [-0.39, 0.29) is 5.82 Å². The number of benzene rings is 1. The molecule has 1 aromatic rings. The second kappa shape index (κ2) is 3.85. The van der Waals surface area contributed by atoms with Crippen molar-refractivity contribution < 1.29 is 9.50 Å². The van der Waals surface area contributed by atoms with Gasteiger partial charge in [0.15, 0.2) is 0 Å². The van der Waals surface area contributed by atoms with Crippen LogP contribution in [0.5, 0.6) is 0 Å². The molecule has 13 heavy (non-hydrogen) atoms. The average molecular weight is 183 g/mol. The summed E-state index contributed by atoms with van der Waals surface area (Å²) in [5.41, 5.74) is 5.09. The zero-order chi connectivity index (χ0) is 9.90. The highest BCUT2D eigenvalue weighted by atomic mass is 19.1. The highest BCUT2D eigenvalue weighted by molar-refractivity contribution is 5.22. The van der Waals surface area contributed by atoms with Crippen LogP contribution in [0, 0.1) is 5.82 Å². The first kappa shape index (κ1) is 10.2.